The first-order valence-electron chi connectivity index (χ1n) is 22.6. The summed E-state index contributed by atoms with van der Waals surface area (Å²) in [6, 6.07) is 16.0. The van der Waals surface area contributed by atoms with Gasteiger partial charge in [-0.2, -0.15) is 5.26 Å². The molecule has 24 heteroatoms. The Morgan fingerprint density at radius 3 is 1.53 bits per heavy atom. The molecule has 0 saturated heterocycles. The second-order valence-electron chi connectivity index (χ2n) is 17.1. The predicted octanol–water partition coefficient (Wildman–Crippen LogP) is -1.05. The molecule has 75 heavy (non-hydrogen) atoms. The second kappa shape index (κ2) is 26.0. The number of nitrogens with zero attached hydrogens (tertiary/aromatic N) is 7. The Labute approximate surface area is 465 Å². The molecule has 0 radical (unpaired) electrons. The molecule has 4 amide bonds. The Morgan fingerprint density at radius 1 is 0.667 bits per heavy atom. The van der Waals surface area contributed by atoms with E-state index in [1.807, 2.05) is 87.3 Å². The van der Waals surface area contributed by atoms with Crippen molar-refractivity contribution >= 4 is 46.7 Å². The topological polar surface area (TPSA) is 203 Å². The number of carbonyl (C=O) groups excluding carboxylic acids is 4. The van der Waals surface area contributed by atoms with Crippen molar-refractivity contribution < 1.29 is 80.5 Å². The summed E-state index contributed by atoms with van der Waals surface area (Å²) < 4.78 is 63.0. The van der Waals surface area contributed by atoms with E-state index in [-0.39, 0.29) is 148 Å². The van der Waals surface area contributed by atoms with Crippen LogP contribution < -0.4 is 70.2 Å². The van der Waals surface area contributed by atoms with Gasteiger partial charge in [0, 0.05) is 67.8 Å². The number of fused-ring (bicyclic) bond motifs is 8. The molecule has 6 heterocycles. The number of nitrogens with one attached hydrogen (secondary N) is 2. The van der Waals surface area contributed by atoms with Crippen molar-refractivity contribution in [3.63, 3.8) is 0 Å². The zero-order valence-electron chi connectivity index (χ0n) is 41.1. The van der Waals surface area contributed by atoms with Crippen LogP contribution in [0.15, 0.2) is 113 Å². The van der Waals surface area contributed by atoms with Crippen LogP contribution in [-0.2, 0) is 19.7 Å². The predicted molar refractivity (Wildman–Crippen MR) is 261 cm³/mol. The number of ether oxygens (including phenoxy) is 1. The van der Waals surface area contributed by atoms with Crippen LogP contribution in [0.4, 0.5) is 17.6 Å². The van der Waals surface area contributed by atoms with Gasteiger partial charge < -0.3 is 64.2 Å². The first-order valence-corrected chi connectivity index (χ1v) is 22.6. The van der Waals surface area contributed by atoms with Crippen molar-refractivity contribution in [2.24, 2.45) is 0 Å². The maximum atomic E-state index is 14.1. The summed E-state index contributed by atoms with van der Waals surface area (Å²) in [7, 11) is 0. The van der Waals surface area contributed by atoms with E-state index >= 15 is 0 Å². The summed E-state index contributed by atoms with van der Waals surface area (Å²) in [6.07, 6.45) is 10.1. The molecule has 0 saturated carbocycles. The quantitative estimate of drug-likeness (QED) is 0.0925. The Bertz CT molecular complexity index is 3190. The van der Waals surface area contributed by atoms with Gasteiger partial charge in [-0.1, -0.05) is 66.8 Å². The zero-order valence-corrected chi connectivity index (χ0v) is 45.7. The van der Waals surface area contributed by atoms with E-state index in [0.29, 0.717) is 6.07 Å². The molecule has 0 spiro atoms. The number of hydrogen-bond acceptors (Lipinski definition) is 11. The molecule has 5 aromatic rings. The first kappa shape index (κ1) is 60.6. The van der Waals surface area contributed by atoms with E-state index in [1.165, 1.54) is 45.7 Å². The van der Waals surface area contributed by atoms with E-state index in [1.54, 1.807) is 16.0 Å². The van der Waals surface area contributed by atoms with E-state index in [0.717, 1.165) is 23.8 Å². The van der Waals surface area contributed by atoms with Crippen LogP contribution in [-0.4, -0.2) is 108 Å². The minimum atomic E-state index is -1.01. The summed E-state index contributed by atoms with van der Waals surface area (Å²) >= 11 is 0. The van der Waals surface area contributed by atoms with Gasteiger partial charge in [0.05, 0.1) is 18.2 Å². The minimum absolute atomic E-state index is 0. The number of aromatic hydroxyl groups is 1. The fourth-order valence-corrected chi connectivity index (χ4v) is 8.20. The third-order valence-electron chi connectivity index (χ3n) is 12.3. The summed E-state index contributed by atoms with van der Waals surface area (Å²) in [5, 5.41) is 26.3. The third kappa shape index (κ3) is 12.9. The molecule has 0 aliphatic carbocycles. The van der Waals surface area contributed by atoms with Gasteiger partial charge >= 0.3 is 23.1 Å². The van der Waals surface area contributed by atoms with E-state index in [4.69, 9.17) is 10.00 Å². The number of rotatable bonds is 9. The molecule has 2 aromatic heterocycles. The van der Waals surface area contributed by atoms with Gasteiger partial charge in [0.2, 0.25) is 10.9 Å². The second-order valence-corrected chi connectivity index (χ2v) is 17.1. The van der Waals surface area contributed by atoms with Gasteiger partial charge in [0.1, 0.15) is 54.3 Å². The maximum Gasteiger partial charge on any atom is 2.00 e. The molecule has 0 unspecified atom stereocenters. The smallest absolute Gasteiger partial charge is 1.00 e. The van der Waals surface area contributed by atoms with Crippen LogP contribution in [0.5, 0.6) is 11.5 Å². The molecule has 4 atom stereocenters. The molecule has 3 aromatic carbocycles. The Hall–Kier alpha value is -6.94. The fraction of sp³-hybridized carbons (Fsp3) is 0.275. The standard InChI is InChI=1S/C28H26F2N4O4.C21H20F2N4O4.C2H3N.2BrH.Mg/c1-17-8-9-18(2)34-16-32(17)28(37)24-26(38-15-19-6-4-3-5-7-19)25(35)22(14-33(24)34)27(36)31-13-20-10-11-21(29)12-23(20)30;1-11-3-4-12(2)27-10-25(11)21(31)17-19(29)18(28)15(9-26(17)27)20(30)24-8-13-5-6-14(22)7-16(13)23;1-2-3;;;/h3-12,14,17-18H,13,15-16H2,1-2H3,(H,31,36);3-7,9,11-12,29H,8,10H2,1-2H3,(H,24,30);1H3;2*1H;/q;;;;;+2/p-2/t17-,18-;11-,12-;;;;/m11..../s1. The normalized spacial score (nSPS) is 17.5. The van der Waals surface area contributed by atoms with Gasteiger partial charge in [0.25, 0.3) is 23.6 Å². The SMILES string of the molecule is CC#N.C[C@@H]1C=C[C@@H](C)N2CN1C(=O)c1c(O)c(=O)c(C(=O)NCc3ccc(F)cc3F)cn12.C[C@@H]1C=C[C@@H](C)N2CN1C(=O)c1c(OCc3ccccc3)c(=O)c(C(=O)NCc3ccc(F)cc3F)cn12.[Br-].[Br-].[Mg+2]. The van der Waals surface area contributed by atoms with Crippen molar-refractivity contribution in [3.05, 3.63) is 186 Å². The Balaban J connectivity index is 0.000000302. The molecule has 0 fully saturated rings. The summed E-state index contributed by atoms with van der Waals surface area (Å²) in [4.78, 5) is 81.7. The Kier molecular flexibility index (Phi) is 21.0. The van der Waals surface area contributed by atoms with E-state index in [9.17, 15) is 51.4 Å². The van der Waals surface area contributed by atoms with Crippen LogP contribution in [0.2, 0.25) is 0 Å². The van der Waals surface area contributed by atoms with E-state index < -0.39 is 69.1 Å². The number of benzene rings is 3. The summed E-state index contributed by atoms with van der Waals surface area (Å²) in [6.45, 7) is 8.84. The number of carbonyl (C=O) groups is 4. The molecule has 4 aliphatic rings. The summed E-state index contributed by atoms with van der Waals surface area (Å²) in [5.41, 5.74) is -1.77. The molecule has 9 rings (SSSR count). The van der Waals surface area contributed by atoms with Crippen LogP contribution in [0, 0.1) is 34.6 Å². The molecular formula is C51H49Br2F4MgN9O8. The van der Waals surface area contributed by atoms with Crippen LogP contribution in [0.1, 0.15) is 93.0 Å². The van der Waals surface area contributed by atoms with Crippen molar-refractivity contribution in [2.45, 2.75) is 78.5 Å². The van der Waals surface area contributed by atoms with Crippen molar-refractivity contribution in [2.75, 3.05) is 23.4 Å². The summed E-state index contributed by atoms with van der Waals surface area (Å²) in [5.74, 6) is -6.78. The van der Waals surface area contributed by atoms with Gasteiger partial charge in [0.15, 0.2) is 22.9 Å². The Morgan fingerprint density at radius 2 is 1.08 bits per heavy atom. The van der Waals surface area contributed by atoms with Gasteiger partial charge in [-0.05, 0) is 45.4 Å². The molecule has 390 valence electrons. The molecule has 17 nitrogen and oxygen atoms in total. The fourth-order valence-electron chi connectivity index (χ4n) is 8.20. The number of halogens is 6. The minimum Gasteiger partial charge on any atom is -1.00 e. The third-order valence-corrected chi connectivity index (χ3v) is 12.3. The number of pyridine rings is 2. The number of hydrogen-bond donors (Lipinski definition) is 3. The van der Waals surface area contributed by atoms with Crippen molar-refractivity contribution in [1.29, 1.82) is 5.26 Å². The van der Waals surface area contributed by atoms with Crippen molar-refractivity contribution in [3.8, 4) is 17.6 Å². The molecular weight excluding hydrogens is 1130 g/mol. The number of nitriles is 1. The van der Waals surface area contributed by atoms with Gasteiger partial charge in [-0.15, -0.1) is 0 Å². The van der Waals surface area contributed by atoms with Crippen LogP contribution in [0.3, 0.4) is 0 Å². The van der Waals surface area contributed by atoms with Gasteiger partial charge in [-0.25, -0.2) is 17.6 Å². The van der Waals surface area contributed by atoms with Crippen molar-refractivity contribution in [1.82, 2.24) is 29.8 Å². The molecule has 3 N–H and O–H groups in total. The van der Waals surface area contributed by atoms with Gasteiger partial charge in [-0.3, -0.25) is 48.1 Å². The molecule has 4 bridgehead atoms. The monoisotopic (exact) mass is 1170 g/mol. The number of aromatic nitrogens is 2. The number of amides is 4. The van der Waals surface area contributed by atoms with E-state index in [2.05, 4.69) is 10.6 Å². The average Bonchev–Trinajstić information content (AvgIpc) is 3.57. The zero-order chi connectivity index (χ0) is 52.1. The maximum absolute atomic E-state index is 14.1. The first-order chi connectivity index (χ1) is 34.3. The van der Waals surface area contributed by atoms with Crippen LogP contribution in [0.25, 0.3) is 0 Å². The van der Waals surface area contributed by atoms with Crippen LogP contribution >= 0.6 is 0 Å². The molecule has 4 aliphatic heterocycles. The largest absolute Gasteiger partial charge is 2.00 e. The average molecular weight is 1180 g/mol.